The molecule has 1 heterocycles. The van der Waals surface area contributed by atoms with Crippen LogP contribution in [-0.2, 0) is 16.0 Å². The lowest BCUT2D eigenvalue weighted by Crippen LogP contribution is -2.39. The summed E-state index contributed by atoms with van der Waals surface area (Å²) in [5.74, 6) is 0.0546. The molecule has 100 valence electrons. The maximum absolute atomic E-state index is 12.0. The van der Waals surface area contributed by atoms with Crippen molar-refractivity contribution < 1.29 is 9.59 Å². The van der Waals surface area contributed by atoms with E-state index in [0.29, 0.717) is 13.0 Å². The summed E-state index contributed by atoms with van der Waals surface area (Å²) in [7, 11) is 0. The van der Waals surface area contributed by atoms with Crippen molar-refractivity contribution in [3.63, 3.8) is 0 Å². The second kappa shape index (κ2) is 5.03. The van der Waals surface area contributed by atoms with Crippen LogP contribution in [-0.4, -0.2) is 29.8 Å². The van der Waals surface area contributed by atoms with Gasteiger partial charge in [-0.2, -0.15) is 0 Å². The normalized spacial score (nSPS) is 21.6. The number of carbonyl (C=O) groups is 2. The highest BCUT2D eigenvalue weighted by Gasteiger charge is 2.26. The van der Waals surface area contributed by atoms with Gasteiger partial charge in [-0.25, -0.2) is 0 Å². The van der Waals surface area contributed by atoms with Gasteiger partial charge < -0.3 is 10.2 Å². The summed E-state index contributed by atoms with van der Waals surface area (Å²) in [5, 5.41) is 3.05. The zero-order chi connectivity index (χ0) is 13.2. The van der Waals surface area contributed by atoms with E-state index in [2.05, 4.69) is 17.4 Å². The lowest BCUT2D eigenvalue weighted by molar-refractivity contribution is -0.133. The van der Waals surface area contributed by atoms with Crippen molar-refractivity contribution in [2.45, 2.75) is 31.7 Å². The number of carbonyl (C=O) groups excluding carboxylic acids is 2. The van der Waals surface area contributed by atoms with Crippen LogP contribution in [0.4, 0.5) is 0 Å². The van der Waals surface area contributed by atoms with Crippen LogP contribution in [0.15, 0.2) is 24.3 Å². The van der Waals surface area contributed by atoms with Crippen molar-refractivity contribution in [2.24, 2.45) is 0 Å². The van der Waals surface area contributed by atoms with E-state index in [4.69, 9.17) is 0 Å². The van der Waals surface area contributed by atoms with Crippen LogP contribution in [0.3, 0.4) is 0 Å². The summed E-state index contributed by atoms with van der Waals surface area (Å²) in [6.07, 6.45) is 3.43. The van der Waals surface area contributed by atoms with Gasteiger partial charge in [0.05, 0.1) is 12.6 Å². The van der Waals surface area contributed by atoms with Gasteiger partial charge in [0.1, 0.15) is 0 Å². The van der Waals surface area contributed by atoms with Gasteiger partial charge in [-0.15, -0.1) is 0 Å². The second-order valence-corrected chi connectivity index (χ2v) is 5.28. The molecule has 1 aliphatic heterocycles. The van der Waals surface area contributed by atoms with E-state index in [0.717, 1.165) is 19.3 Å². The molecule has 4 heteroatoms. The third kappa shape index (κ3) is 2.48. The predicted molar refractivity (Wildman–Crippen MR) is 71.5 cm³/mol. The Balaban J connectivity index is 1.60. The van der Waals surface area contributed by atoms with Crippen LogP contribution in [0.5, 0.6) is 0 Å². The van der Waals surface area contributed by atoms with Gasteiger partial charge in [-0.3, -0.25) is 9.59 Å². The van der Waals surface area contributed by atoms with E-state index >= 15 is 0 Å². The summed E-state index contributed by atoms with van der Waals surface area (Å²) in [4.78, 5) is 25.1. The number of hydrogen-bond acceptors (Lipinski definition) is 2. The number of nitrogens with zero attached hydrogens (tertiary/aromatic N) is 1. The monoisotopic (exact) mass is 258 g/mol. The molecule has 4 nitrogen and oxygen atoms in total. The molecule has 1 fully saturated rings. The Labute approximate surface area is 112 Å². The molecular formula is C15H18N2O2. The minimum Gasteiger partial charge on any atom is -0.348 e. The number of aryl methyl sites for hydroxylation is 1. The second-order valence-electron chi connectivity index (χ2n) is 5.28. The topological polar surface area (TPSA) is 49.4 Å². The highest BCUT2D eigenvalue weighted by molar-refractivity contribution is 5.86. The first-order valence-electron chi connectivity index (χ1n) is 6.89. The maximum atomic E-state index is 12.0. The molecule has 0 unspecified atom stereocenters. The minimum atomic E-state index is -0.0445. The molecule has 0 spiro atoms. The molecule has 0 bridgehead atoms. The zero-order valence-electron chi connectivity index (χ0n) is 10.9. The van der Waals surface area contributed by atoms with Gasteiger partial charge in [0, 0.05) is 13.0 Å². The highest BCUT2D eigenvalue weighted by Crippen LogP contribution is 2.30. The first-order chi connectivity index (χ1) is 9.24. The van der Waals surface area contributed by atoms with Crippen molar-refractivity contribution in [2.75, 3.05) is 13.1 Å². The van der Waals surface area contributed by atoms with E-state index in [-0.39, 0.29) is 24.4 Å². The Kier molecular flexibility index (Phi) is 3.23. The Morgan fingerprint density at radius 2 is 2.16 bits per heavy atom. The van der Waals surface area contributed by atoms with E-state index in [1.807, 2.05) is 12.1 Å². The molecule has 2 aliphatic rings. The first kappa shape index (κ1) is 12.2. The minimum absolute atomic E-state index is 0.0445. The summed E-state index contributed by atoms with van der Waals surface area (Å²) < 4.78 is 0. The van der Waals surface area contributed by atoms with Crippen LogP contribution >= 0.6 is 0 Å². The van der Waals surface area contributed by atoms with Crippen LogP contribution in [0.25, 0.3) is 0 Å². The Bertz CT molecular complexity index is 513. The zero-order valence-corrected chi connectivity index (χ0v) is 10.9. The number of benzene rings is 1. The molecule has 1 aromatic carbocycles. The molecule has 1 atom stereocenters. The average Bonchev–Trinajstić information content (AvgIpc) is 2.98. The van der Waals surface area contributed by atoms with E-state index in [1.54, 1.807) is 4.90 Å². The van der Waals surface area contributed by atoms with Gasteiger partial charge in [0.25, 0.3) is 0 Å². The maximum Gasteiger partial charge on any atom is 0.240 e. The van der Waals surface area contributed by atoms with Gasteiger partial charge in [0.15, 0.2) is 0 Å². The predicted octanol–water partition coefficient (Wildman–Crippen LogP) is 1.41. The van der Waals surface area contributed by atoms with Gasteiger partial charge in [-0.05, 0) is 30.4 Å². The molecule has 1 aliphatic carbocycles. The van der Waals surface area contributed by atoms with Crippen LogP contribution in [0.1, 0.15) is 36.4 Å². The van der Waals surface area contributed by atoms with Gasteiger partial charge in [0.2, 0.25) is 11.8 Å². The first-order valence-corrected chi connectivity index (χ1v) is 6.89. The molecule has 2 amide bonds. The number of nitrogens with one attached hydrogen (secondary N) is 1. The quantitative estimate of drug-likeness (QED) is 0.891. The third-order valence-electron chi connectivity index (χ3n) is 3.97. The molecule has 3 rings (SSSR count). The molecular weight excluding hydrogens is 240 g/mol. The number of rotatable bonds is 3. The van der Waals surface area contributed by atoms with E-state index in [1.165, 1.54) is 11.1 Å². The number of likely N-dealkylation sites (tertiary alicyclic amines) is 1. The van der Waals surface area contributed by atoms with Crippen molar-refractivity contribution in [3.05, 3.63) is 35.4 Å². The van der Waals surface area contributed by atoms with Crippen molar-refractivity contribution in [3.8, 4) is 0 Å². The molecule has 0 aromatic heterocycles. The summed E-state index contributed by atoms with van der Waals surface area (Å²) in [6.45, 7) is 0.922. The average molecular weight is 258 g/mol. The Hall–Kier alpha value is -1.84. The van der Waals surface area contributed by atoms with E-state index < -0.39 is 0 Å². The van der Waals surface area contributed by atoms with Gasteiger partial charge in [-0.1, -0.05) is 24.3 Å². The fourth-order valence-corrected chi connectivity index (χ4v) is 2.99. The molecule has 0 radical (unpaired) electrons. The van der Waals surface area contributed by atoms with Gasteiger partial charge >= 0.3 is 0 Å². The number of hydrogen-bond donors (Lipinski definition) is 1. The molecule has 1 N–H and O–H groups in total. The lowest BCUT2D eigenvalue weighted by Gasteiger charge is -2.18. The summed E-state index contributed by atoms with van der Waals surface area (Å²) in [5.41, 5.74) is 2.55. The molecule has 1 aromatic rings. The standard InChI is InChI=1S/C15H18N2O2/c18-14(10-17-9-3-6-15(17)19)16-13-8-7-11-4-1-2-5-12(11)13/h1-2,4-5,13H,3,6-10H2,(H,16,18)/t13-/m0/s1. The largest absolute Gasteiger partial charge is 0.348 e. The number of amides is 2. The lowest BCUT2D eigenvalue weighted by atomic mass is 10.1. The Morgan fingerprint density at radius 1 is 1.32 bits per heavy atom. The van der Waals surface area contributed by atoms with Crippen LogP contribution < -0.4 is 5.32 Å². The van der Waals surface area contributed by atoms with Crippen molar-refractivity contribution in [1.29, 1.82) is 0 Å². The SMILES string of the molecule is O=C(CN1CCCC1=O)N[C@H]1CCc2ccccc21. The van der Waals surface area contributed by atoms with Crippen LogP contribution in [0, 0.1) is 0 Å². The Morgan fingerprint density at radius 3 is 2.95 bits per heavy atom. The number of fused-ring (bicyclic) bond motifs is 1. The molecule has 0 saturated carbocycles. The molecule has 19 heavy (non-hydrogen) atoms. The summed E-state index contributed by atoms with van der Waals surface area (Å²) in [6, 6.07) is 8.35. The van der Waals surface area contributed by atoms with E-state index in [9.17, 15) is 9.59 Å². The van der Waals surface area contributed by atoms with Crippen LogP contribution in [0.2, 0.25) is 0 Å². The third-order valence-corrected chi connectivity index (χ3v) is 3.97. The smallest absolute Gasteiger partial charge is 0.240 e. The van der Waals surface area contributed by atoms with Crippen molar-refractivity contribution in [1.82, 2.24) is 10.2 Å². The fraction of sp³-hybridized carbons (Fsp3) is 0.467. The fourth-order valence-electron chi connectivity index (χ4n) is 2.99. The highest BCUT2D eigenvalue weighted by atomic mass is 16.2. The van der Waals surface area contributed by atoms with Crippen molar-refractivity contribution >= 4 is 11.8 Å². The summed E-state index contributed by atoms with van der Waals surface area (Å²) >= 11 is 0. The molecule has 1 saturated heterocycles.